The van der Waals surface area contributed by atoms with Crippen molar-refractivity contribution in [3.8, 4) is 0 Å². The van der Waals surface area contributed by atoms with Crippen LogP contribution in [0.2, 0.25) is 0 Å². The Bertz CT molecular complexity index is 1160. The van der Waals surface area contributed by atoms with E-state index in [2.05, 4.69) is 22.8 Å². The highest BCUT2D eigenvalue weighted by atomic mass is 19.1. The number of carbonyl (C=O) groups is 2. The number of rotatable bonds is 11. The third-order valence-corrected chi connectivity index (χ3v) is 7.07. The summed E-state index contributed by atoms with van der Waals surface area (Å²) in [6.45, 7) is 1.54. The second kappa shape index (κ2) is 13.2. The Balaban J connectivity index is 1.55. The molecule has 2 amide bonds. The van der Waals surface area contributed by atoms with Crippen LogP contribution in [0, 0.1) is 5.82 Å². The summed E-state index contributed by atoms with van der Waals surface area (Å²) in [7, 11) is 1.54. The van der Waals surface area contributed by atoms with E-state index in [1.54, 1.807) is 19.2 Å². The first-order chi connectivity index (χ1) is 18.1. The standard InChI is InChI=1S/C30H36FN3O3/c1-37-20-19-33(30(36)27-16-8-9-17-28(27)31)23-29(35)34(25-13-6-3-7-14-25)22-26-15-10-18-32(26)21-24-11-4-2-5-12-24/h2,4-5,8-12,15-18,25H,3,6-7,13-14,19-23H2,1H3. The molecule has 0 atom stereocenters. The number of methoxy groups -OCH3 is 1. The van der Waals surface area contributed by atoms with Crippen LogP contribution in [0.15, 0.2) is 72.9 Å². The van der Waals surface area contributed by atoms with Crippen LogP contribution in [-0.4, -0.2) is 59.0 Å². The molecule has 37 heavy (non-hydrogen) atoms. The maximum absolute atomic E-state index is 14.4. The van der Waals surface area contributed by atoms with Crippen LogP contribution in [0.3, 0.4) is 0 Å². The molecular weight excluding hydrogens is 469 g/mol. The molecule has 0 aliphatic heterocycles. The molecule has 0 spiro atoms. The molecule has 0 N–H and O–H groups in total. The Morgan fingerprint density at radius 3 is 2.43 bits per heavy atom. The lowest BCUT2D eigenvalue weighted by molar-refractivity contribution is -0.136. The fourth-order valence-electron chi connectivity index (χ4n) is 5.03. The molecule has 0 bridgehead atoms. The summed E-state index contributed by atoms with van der Waals surface area (Å²) in [5.74, 6) is -1.22. The molecule has 1 aromatic heterocycles. The Morgan fingerprint density at radius 2 is 1.70 bits per heavy atom. The number of hydrogen-bond donors (Lipinski definition) is 0. The van der Waals surface area contributed by atoms with Gasteiger partial charge < -0.3 is 19.1 Å². The van der Waals surface area contributed by atoms with E-state index in [1.165, 1.54) is 29.0 Å². The lowest BCUT2D eigenvalue weighted by Gasteiger charge is -2.36. The SMILES string of the molecule is COCCN(CC(=O)N(Cc1cccn1Cc1ccccc1)C1CCCCC1)C(=O)c1ccccc1F. The Kier molecular flexibility index (Phi) is 9.49. The van der Waals surface area contributed by atoms with Crippen molar-refractivity contribution >= 4 is 11.8 Å². The third-order valence-electron chi connectivity index (χ3n) is 7.07. The van der Waals surface area contributed by atoms with Crippen LogP contribution in [-0.2, 0) is 22.6 Å². The van der Waals surface area contributed by atoms with Gasteiger partial charge in [-0.15, -0.1) is 0 Å². The smallest absolute Gasteiger partial charge is 0.257 e. The van der Waals surface area contributed by atoms with Crippen LogP contribution in [0.5, 0.6) is 0 Å². The van der Waals surface area contributed by atoms with Crippen molar-refractivity contribution < 1.29 is 18.7 Å². The number of nitrogens with zero attached hydrogens (tertiary/aromatic N) is 3. The van der Waals surface area contributed by atoms with Crippen molar-refractivity contribution in [2.24, 2.45) is 0 Å². The molecule has 3 aromatic rings. The molecule has 2 aromatic carbocycles. The molecule has 7 heteroatoms. The van der Waals surface area contributed by atoms with Gasteiger partial charge >= 0.3 is 0 Å². The van der Waals surface area contributed by atoms with Gasteiger partial charge in [0, 0.05) is 38.1 Å². The minimum atomic E-state index is -0.592. The van der Waals surface area contributed by atoms with Crippen molar-refractivity contribution in [2.45, 2.75) is 51.2 Å². The zero-order valence-corrected chi connectivity index (χ0v) is 21.5. The molecule has 1 aliphatic rings. The molecular formula is C30H36FN3O3. The van der Waals surface area contributed by atoms with E-state index in [4.69, 9.17) is 4.74 Å². The molecule has 1 fully saturated rings. The lowest BCUT2D eigenvalue weighted by atomic mass is 9.94. The zero-order valence-electron chi connectivity index (χ0n) is 21.5. The lowest BCUT2D eigenvalue weighted by Crippen LogP contribution is -2.48. The average Bonchev–Trinajstić information content (AvgIpc) is 3.36. The molecule has 1 aliphatic carbocycles. The Hall–Kier alpha value is -3.45. The fraction of sp³-hybridized carbons (Fsp3) is 0.400. The van der Waals surface area contributed by atoms with Crippen LogP contribution < -0.4 is 0 Å². The van der Waals surface area contributed by atoms with Gasteiger partial charge in [-0.1, -0.05) is 61.7 Å². The van der Waals surface area contributed by atoms with Crippen LogP contribution in [0.25, 0.3) is 0 Å². The quantitative estimate of drug-likeness (QED) is 0.363. The third kappa shape index (κ3) is 7.07. The van der Waals surface area contributed by atoms with Crippen molar-refractivity contribution in [1.29, 1.82) is 0 Å². The van der Waals surface area contributed by atoms with Crippen LogP contribution in [0.4, 0.5) is 4.39 Å². The maximum atomic E-state index is 14.4. The van der Waals surface area contributed by atoms with Crippen molar-refractivity contribution in [3.63, 3.8) is 0 Å². The number of carbonyl (C=O) groups excluding carboxylic acids is 2. The summed E-state index contributed by atoms with van der Waals surface area (Å²) < 4.78 is 21.8. The molecule has 196 valence electrons. The van der Waals surface area contributed by atoms with Gasteiger partial charge in [0.25, 0.3) is 5.91 Å². The highest BCUT2D eigenvalue weighted by Gasteiger charge is 2.29. The topological polar surface area (TPSA) is 54.8 Å². The normalized spacial score (nSPS) is 13.9. The number of halogens is 1. The number of benzene rings is 2. The first kappa shape index (κ1) is 26.6. The Morgan fingerprint density at radius 1 is 0.973 bits per heavy atom. The van der Waals surface area contributed by atoms with Gasteiger partial charge in [-0.05, 0) is 42.7 Å². The van der Waals surface area contributed by atoms with Gasteiger partial charge in [0.2, 0.25) is 5.91 Å². The van der Waals surface area contributed by atoms with E-state index in [9.17, 15) is 14.0 Å². The van der Waals surface area contributed by atoms with E-state index in [-0.39, 0.29) is 37.2 Å². The minimum Gasteiger partial charge on any atom is -0.383 e. The highest BCUT2D eigenvalue weighted by Crippen LogP contribution is 2.25. The zero-order chi connectivity index (χ0) is 26.0. The van der Waals surface area contributed by atoms with E-state index in [0.29, 0.717) is 6.54 Å². The van der Waals surface area contributed by atoms with Gasteiger partial charge in [0.15, 0.2) is 0 Å². The molecule has 0 saturated heterocycles. The number of amides is 2. The van der Waals surface area contributed by atoms with E-state index in [1.807, 2.05) is 35.4 Å². The molecule has 6 nitrogen and oxygen atoms in total. The molecule has 4 rings (SSSR count). The summed E-state index contributed by atoms with van der Waals surface area (Å²) in [6.07, 6.45) is 7.28. The largest absolute Gasteiger partial charge is 0.383 e. The van der Waals surface area contributed by atoms with Gasteiger partial charge in [-0.3, -0.25) is 9.59 Å². The average molecular weight is 506 g/mol. The number of hydrogen-bond acceptors (Lipinski definition) is 3. The fourth-order valence-corrected chi connectivity index (χ4v) is 5.03. The van der Waals surface area contributed by atoms with Gasteiger partial charge in [0.05, 0.1) is 18.7 Å². The van der Waals surface area contributed by atoms with Gasteiger partial charge in [0.1, 0.15) is 12.4 Å². The molecule has 0 unspecified atom stereocenters. The first-order valence-electron chi connectivity index (χ1n) is 13.1. The number of aromatic nitrogens is 1. The van der Waals surface area contributed by atoms with Crippen LogP contribution in [0.1, 0.15) is 53.7 Å². The summed E-state index contributed by atoms with van der Waals surface area (Å²) >= 11 is 0. The first-order valence-corrected chi connectivity index (χ1v) is 13.1. The van der Waals surface area contributed by atoms with Crippen molar-refractivity contribution in [2.75, 3.05) is 26.8 Å². The van der Waals surface area contributed by atoms with Gasteiger partial charge in [-0.25, -0.2) is 4.39 Å². The van der Waals surface area contributed by atoms with Gasteiger partial charge in [-0.2, -0.15) is 0 Å². The van der Waals surface area contributed by atoms with Crippen molar-refractivity contribution in [3.05, 3.63) is 95.6 Å². The van der Waals surface area contributed by atoms with E-state index >= 15 is 0 Å². The molecule has 1 saturated carbocycles. The number of ether oxygens (including phenoxy) is 1. The predicted octanol–water partition coefficient (Wildman–Crippen LogP) is 5.13. The highest BCUT2D eigenvalue weighted by molar-refractivity contribution is 5.96. The van der Waals surface area contributed by atoms with E-state index < -0.39 is 11.7 Å². The Labute approximate surface area is 218 Å². The van der Waals surface area contributed by atoms with Crippen molar-refractivity contribution in [1.82, 2.24) is 14.4 Å². The van der Waals surface area contributed by atoms with Crippen LogP contribution >= 0.6 is 0 Å². The predicted molar refractivity (Wildman–Crippen MR) is 142 cm³/mol. The monoisotopic (exact) mass is 505 g/mol. The summed E-state index contributed by atoms with van der Waals surface area (Å²) in [4.78, 5) is 30.4. The summed E-state index contributed by atoms with van der Waals surface area (Å²) in [5, 5.41) is 0. The van der Waals surface area contributed by atoms with E-state index in [0.717, 1.165) is 37.9 Å². The maximum Gasteiger partial charge on any atom is 0.257 e. The molecule has 0 radical (unpaired) electrons. The molecule has 1 heterocycles. The summed E-state index contributed by atoms with van der Waals surface area (Å²) in [5.41, 5.74) is 2.20. The summed E-state index contributed by atoms with van der Waals surface area (Å²) in [6, 6.07) is 20.3. The minimum absolute atomic E-state index is 0.0349. The second-order valence-corrected chi connectivity index (χ2v) is 9.63. The second-order valence-electron chi connectivity index (χ2n) is 9.63.